The van der Waals surface area contributed by atoms with Gasteiger partial charge in [0.05, 0.1) is 5.92 Å². The van der Waals surface area contributed by atoms with E-state index in [1.807, 2.05) is 19.2 Å². The second kappa shape index (κ2) is 6.20. The number of carboxylic acid groups (broad SMARTS) is 1. The molecule has 0 spiro atoms. The van der Waals surface area contributed by atoms with Gasteiger partial charge in [0.1, 0.15) is 4.60 Å². The number of nitrogens with zero attached hydrogens (tertiary/aromatic N) is 1. The van der Waals surface area contributed by atoms with E-state index in [0.29, 0.717) is 18.9 Å². The Hall–Kier alpha value is -0.620. The van der Waals surface area contributed by atoms with Crippen LogP contribution in [0.5, 0.6) is 0 Å². The first kappa shape index (κ1) is 13.4. The molecule has 0 radical (unpaired) electrons. The SMILES string of the molecule is CC(C)CC(CNc1nc(Br)cs1)C(=O)O. The first-order valence-corrected chi connectivity index (χ1v) is 6.74. The largest absolute Gasteiger partial charge is 0.481 e. The lowest BCUT2D eigenvalue weighted by atomic mass is 9.97. The van der Waals surface area contributed by atoms with Crippen molar-refractivity contribution in [3.05, 3.63) is 9.98 Å². The molecule has 6 heteroatoms. The number of halogens is 1. The van der Waals surface area contributed by atoms with Gasteiger partial charge < -0.3 is 10.4 Å². The van der Waals surface area contributed by atoms with Crippen molar-refractivity contribution in [1.29, 1.82) is 0 Å². The molecule has 1 atom stereocenters. The Bertz CT molecular complexity index is 354. The number of aromatic nitrogens is 1. The molecule has 4 nitrogen and oxygen atoms in total. The summed E-state index contributed by atoms with van der Waals surface area (Å²) in [7, 11) is 0. The Labute approximate surface area is 107 Å². The highest BCUT2D eigenvalue weighted by Crippen LogP contribution is 2.20. The van der Waals surface area contributed by atoms with Crippen molar-refractivity contribution >= 4 is 38.4 Å². The summed E-state index contributed by atoms with van der Waals surface area (Å²) < 4.78 is 0.774. The number of rotatable bonds is 6. The van der Waals surface area contributed by atoms with Gasteiger partial charge in [0, 0.05) is 11.9 Å². The van der Waals surface area contributed by atoms with Crippen LogP contribution in [-0.4, -0.2) is 22.6 Å². The van der Waals surface area contributed by atoms with Gasteiger partial charge in [0.25, 0.3) is 0 Å². The molecule has 2 N–H and O–H groups in total. The second-order valence-electron chi connectivity index (χ2n) is 4.02. The number of hydrogen-bond acceptors (Lipinski definition) is 4. The molecule has 1 aromatic rings. The third kappa shape index (κ3) is 4.49. The van der Waals surface area contributed by atoms with E-state index in [2.05, 4.69) is 26.2 Å². The van der Waals surface area contributed by atoms with Gasteiger partial charge in [0.15, 0.2) is 5.13 Å². The van der Waals surface area contributed by atoms with Gasteiger partial charge in [-0.3, -0.25) is 4.79 Å². The third-order valence-electron chi connectivity index (χ3n) is 2.08. The van der Waals surface area contributed by atoms with Gasteiger partial charge in [0.2, 0.25) is 0 Å². The molecule has 1 rings (SSSR count). The maximum Gasteiger partial charge on any atom is 0.308 e. The molecule has 0 aliphatic rings. The fourth-order valence-corrected chi connectivity index (χ4v) is 2.54. The standard InChI is InChI=1S/C10H15BrN2O2S/c1-6(2)3-7(9(14)15)4-12-10-13-8(11)5-16-10/h5-7H,3-4H2,1-2H3,(H,12,13)(H,14,15). The lowest BCUT2D eigenvalue weighted by Crippen LogP contribution is -2.24. The quantitative estimate of drug-likeness (QED) is 0.848. The topological polar surface area (TPSA) is 62.2 Å². The minimum absolute atomic E-state index is 0.359. The summed E-state index contributed by atoms with van der Waals surface area (Å²) in [5.74, 6) is -0.731. The average Bonchev–Trinajstić information content (AvgIpc) is 2.58. The predicted molar refractivity (Wildman–Crippen MR) is 68.9 cm³/mol. The molecule has 1 aromatic heterocycles. The molecule has 0 bridgehead atoms. The molecule has 0 amide bonds. The minimum Gasteiger partial charge on any atom is -0.481 e. The molecular weight excluding hydrogens is 292 g/mol. The number of thiazole rings is 1. The van der Waals surface area contributed by atoms with Gasteiger partial charge in [-0.15, -0.1) is 11.3 Å². The first-order valence-electron chi connectivity index (χ1n) is 5.06. The van der Waals surface area contributed by atoms with Crippen LogP contribution in [0.3, 0.4) is 0 Å². The summed E-state index contributed by atoms with van der Waals surface area (Å²) >= 11 is 4.71. The van der Waals surface area contributed by atoms with Crippen LogP contribution in [0.1, 0.15) is 20.3 Å². The number of carboxylic acids is 1. The molecule has 0 saturated carbocycles. The van der Waals surface area contributed by atoms with Crippen molar-refractivity contribution in [3.8, 4) is 0 Å². The predicted octanol–water partition coefficient (Wildman–Crippen LogP) is 3.06. The molecule has 16 heavy (non-hydrogen) atoms. The highest BCUT2D eigenvalue weighted by atomic mass is 79.9. The zero-order valence-electron chi connectivity index (χ0n) is 9.24. The summed E-state index contributed by atoms with van der Waals surface area (Å²) in [6.07, 6.45) is 0.675. The molecule has 90 valence electrons. The molecule has 1 heterocycles. The molecule has 0 fully saturated rings. The maximum absolute atomic E-state index is 11.0. The van der Waals surface area contributed by atoms with E-state index in [-0.39, 0.29) is 5.92 Å². The van der Waals surface area contributed by atoms with Crippen molar-refractivity contribution in [3.63, 3.8) is 0 Å². The number of hydrogen-bond donors (Lipinski definition) is 2. The van der Waals surface area contributed by atoms with Gasteiger partial charge in [-0.1, -0.05) is 13.8 Å². The number of nitrogens with one attached hydrogen (secondary N) is 1. The molecule has 0 aromatic carbocycles. The summed E-state index contributed by atoms with van der Waals surface area (Å²) in [6, 6.07) is 0. The third-order valence-corrected chi connectivity index (χ3v) is 3.59. The summed E-state index contributed by atoms with van der Waals surface area (Å²) in [5, 5.41) is 14.7. The first-order chi connectivity index (χ1) is 7.49. The maximum atomic E-state index is 11.0. The average molecular weight is 307 g/mol. The van der Waals surface area contributed by atoms with Crippen molar-refractivity contribution in [2.75, 3.05) is 11.9 Å². The van der Waals surface area contributed by atoms with E-state index in [0.717, 1.165) is 9.73 Å². The van der Waals surface area contributed by atoms with E-state index in [1.165, 1.54) is 11.3 Å². The molecule has 0 saturated heterocycles. The van der Waals surface area contributed by atoms with Crippen LogP contribution < -0.4 is 5.32 Å². The van der Waals surface area contributed by atoms with Crippen molar-refractivity contribution < 1.29 is 9.90 Å². The number of aliphatic carboxylic acids is 1. The Morgan fingerprint density at radius 3 is 2.81 bits per heavy atom. The second-order valence-corrected chi connectivity index (χ2v) is 5.69. The van der Waals surface area contributed by atoms with Crippen LogP contribution in [0.4, 0.5) is 5.13 Å². The molecule has 0 aliphatic heterocycles. The van der Waals surface area contributed by atoms with E-state index >= 15 is 0 Å². The van der Waals surface area contributed by atoms with Crippen LogP contribution >= 0.6 is 27.3 Å². The Kier molecular flexibility index (Phi) is 5.21. The fraction of sp³-hybridized carbons (Fsp3) is 0.600. The molecule has 1 unspecified atom stereocenters. The number of carbonyl (C=O) groups is 1. The van der Waals surface area contributed by atoms with Gasteiger partial charge in [-0.2, -0.15) is 0 Å². The zero-order chi connectivity index (χ0) is 12.1. The van der Waals surface area contributed by atoms with E-state index in [9.17, 15) is 4.79 Å². The highest BCUT2D eigenvalue weighted by molar-refractivity contribution is 9.10. The minimum atomic E-state index is -0.753. The smallest absolute Gasteiger partial charge is 0.308 e. The van der Waals surface area contributed by atoms with Crippen LogP contribution in [-0.2, 0) is 4.79 Å². The van der Waals surface area contributed by atoms with Gasteiger partial charge in [-0.25, -0.2) is 4.98 Å². The van der Waals surface area contributed by atoms with E-state index < -0.39 is 5.97 Å². The summed E-state index contributed by atoms with van der Waals surface area (Å²) in [5.41, 5.74) is 0. The van der Waals surface area contributed by atoms with Crippen molar-refractivity contribution in [1.82, 2.24) is 4.98 Å². The summed E-state index contributed by atoms with van der Waals surface area (Å²) in [4.78, 5) is 15.1. The lowest BCUT2D eigenvalue weighted by Gasteiger charge is -2.14. The van der Waals surface area contributed by atoms with Crippen LogP contribution in [0.15, 0.2) is 9.98 Å². The Morgan fingerprint density at radius 1 is 1.69 bits per heavy atom. The molecular formula is C10H15BrN2O2S. The van der Waals surface area contributed by atoms with Crippen molar-refractivity contribution in [2.24, 2.45) is 11.8 Å². The van der Waals surface area contributed by atoms with Crippen LogP contribution in [0.25, 0.3) is 0 Å². The lowest BCUT2D eigenvalue weighted by molar-refractivity contribution is -0.141. The zero-order valence-corrected chi connectivity index (χ0v) is 11.6. The van der Waals surface area contributed by atoms with Gasteiger partial charge >= 0.3 is 5.97 Å². The van der Waals surface area contributed by atoms with E-state index in [1.54, 1.807) is 0 Å². The fourth-order valence-electron chi connectivity index (χ4n) is 1.39. The highest BCUT2D eigenvalue weighted by Gasteiger charge is 2.18. The van der Waals surface area contributed by atoms with Gasteiger partial charge in [-0.05, 0) is 28.3 Å². The van der Waals surface area contributed by atoms with Crippen LogP contribution in [0.2, 0.25) is 0 Å². The van der Waals surface area contributed by atoms with E-state index in [4.69, 9.17) is 5.11 Å². The molecule has 0 aliphatic carbocycles. The Balaban J connectivity index is 2.46. The normalized spacial score (nSPS) is 12.8. The van der Waals surface area contributed by atoms with Crippen molar-refractivity contribution in [2.45, 2.75) is 20.3 Å². The Morgan fingerprint density at radius 2 is 2.38 bits per heavy atom. The van der Waals surface area contributed by atoms with Crippen LogP contribution in [0, 0.1) is 11.8 Å². The summed E-state index contributed by atoms with van der Waals surface area (Å²) in [6.45, 7) is 4.47. The number of anilines is 1. The monoisotopic (exact) mass is 306 g/mol.